The first-order valence-electron chi connectivity index (χ1n) is 11.1. The fraction of sp³-hybridized carbons (Fsp3) is 0.500. The molecule has 3 fully saturated rings. The Labute approximate surface area is 188 Å². The van der Waals surface area contributed by atoms with E-state index in [9.17, 15) is 18.4 Å². The Morgan fingerprint density at radius 3 is 2.70 bits per heavy atom. The lowest BCUT2D eigenvalue weighted by molar-refractivity contribution is -0.137. The van der Waals surface area contributed by atoms with E-state index in [1.807, 2.05) is 6.08 Å². The molecule has 2 amide bonds. The molecule has 2 bridgehead atoms. The number of aromatic nitrogens is 4. The van der Waals surface area contributed by atoms with E-state index in [0.29, 0.717) is 30.9 Å². The van der Waals surface area contributed by atoms with Gasteiger partial charge in [0.15, 0.2) is 0 Å². The third kappa shape index (κ3) is 3.28. The molecule has 1 saturated heterocycles. The molecule has 3 N–H and O–H groups in total. The summed E-state index contributed by atoms with van der Waals surface area (Å²) in [4.78, 5) is 34.9. The number of hydrogen-bond acceptors (Lipinski definition) is 6. The summed E-state index contributed by atoms with van der Waals surface area (Å²) in [6.45, 7) is 0. The number of alkyl halides is 2. The van der Waals surface area contributed by atoms with E-state index in [-0.39, 0.29) is 18.5 Å². The summed E-state index contributed by atoms with van der Waals surface area (Å²) in [5.41, 5.74) is 7.13. The lowest BCUT2D eigenvalue weighted by Crippen LogP contribution is -2.44. The second kappa shape index (κ2) is 6.82. The smallest absolute Gasteiger partial charge is 0.260 e. The first-order chi connectivity index (χ1) is 15.8. The minimum Gasteiger partial charge on any atom is -0.368 e. The van der Waals surface area contributed by atoms with Crippen molar-refractivity contribution in [1.29, 1.82) is 0 Å². The lowest BCUT2D eigenvalue weighted by atomic mass is 9.98. The predicted octanol–water partition coefficient (Wildman–Crippen LogP) is 2.19. The zero-order valence-electron chi connectivity index (χ0n) is 17.7. The molecule has 9 nitrogen and oxygen atoms in total. The van der Waals surface area contributed by atoms with Crippen molar-refractivity contribution in [2.45, 2.75) is 62.1 Å². The van der Waals surface area contributed by atoms with Crippen molar-refractivity contribution in [1.82, 2.24) is 24.6 Å². The highest BCUT2D eigenvalue weighted by atomic mass is 19.3. The molecule has 0 radical (unpaired) electrons. The van der Waals surface area contributed by atoms with Gasteiger partial charge in [-0.15, -0.1) is 0 Å². The van der Waals surface area contributed by atoms with Crippen molar-refractivity contribution in [3.8, 4) is 0 Å². The summed E-state index contributed by atoms with van der Waals surface area (Å²) in [5.74, 6) is -4.45. The molecule has 4 heterocycles. The zero-order chi connectivity index (χ0) is 23.0. The monoisotopic (exact) mass is 455 g/mol. The van der Waals surface area contributed by atoms with Gasteiger partial charge in [-0.3, -0.25) is 14.3 Å². The van der Waals surface area contributed by atoms with Crippen LogP contribution in [0.5, 0.6) is 0 Å². The maximum Gasteiger partial charge on any atom is 0.260 e. The lowest BCUT2D eigenvalue weighted by Gasteiger charge is -2.34. The molecule has 2 saturated carbocycles. The molecule has 0 aromatic carbocycles. The number of anilines is 2. The summed E-state index contributed by atoms with van der Waals surface area (Å²) in [5, 5.41) is 7.37. The fourth-order valence-electron chi connectivity index (χ4n) is 5.08. The van der Waals surface area contributed by atoms with E-state index in [1.54, 1.807) is 34.2 Å². The summed E-state index contributed by atoms with van der Waals surface area (Å²) in [6.07, 6.45) is 10.1. The number of rotatable bonds is 6. The van der Waals surface area contributed by atoms with Crippen molar-refractivity contribution in [2.75, 3.05) is 5.32 Å². The molecule has 3 unspecified atom stereocenters. The van der Waals surface area contributed by atoms with Crippen LogP contribution in [0.4, 0.5) is 20.4 Å². The number of primary amides is 1. The van der Waals surface area contributed by atoms with Crippen LogP contribution in [-0.4, -0.2) is 54.5 Å². The van der Waals surface area contributed by atoms with E-state index in [1.165, 1.54) is 0 Å². The second-order valence-electron chi connectivity index (χ2n) is 9.42. The Bertz CT molecular complexity index is 1190. The first-order valence-corrected chi connectivity index (χ1v) is 11.1. The van der Waals surface area contributed by atoms with Gasteiger partial charge in [0.2, 0.25) is 17.8 Å². The third-order valence-electron chi connectivity index (χ3n) is 7.22. The number of carbonyl (C=O) groups is 2. The number of fused-ring (bicyclic) bond motifs is 2. The Balaban J connectivity index is 1.19. The van der Waals surface area contributed by atoms with Gasteiger partial charge in [-0.2, -0.15) is 5.10 Å². The summed E-state index contributed by atoms with van der Waals surface area (Å²) < 4.78 is 28.5. The van der Waals surface area contributed by atoms with Crippen LogP contribution >= 0.6 is 0 Å². The average Bonchev–Trinajstić information content (AvgIpc) is 3.63. The van der Waals surface area contributed by atoms with Crippen molar-refractivity contribution in [3.63, 3.8) is 0 Å². The van der Waals surface area contributed by atoms with Crippen molar-refractivity contribution < 1.29 is 18.4 Å². The Morgan fingerprint density at radius 1 is 1.24 bits per heavy atom. The van der Waals surface area contributed by atoms with Gasteiger partial charge in [0.05, 0.1) is 23.6 Å². The van der Waals surface area contributed by atoms with Gasteiger partial charge in [-0.1, -0.05) is 6.08 Å². The van der Waals surface area contributed by atoms with E-state index >= 15 is 0 Å². The maximum atomic E-state index is 13.4. The van der Waals surface area contributed by atoms with Crippen LogP contribution in [0, 0.1) is 5.92 Å². The summed E-state index contributed by atoms with van der Waals surface area (Å²) in [6, 6.07) is 1.56. The van der Waals surface area contributed by atoms with E-state index < -0.39 is 29.2 Å². The van der Waals surface area contributed by atoms with Gasteiger partial charge in [-0.25, -0.2) is 18.7 Å². The number of nitrogens with one attached hydrogen (secondary N) is 1. The highest BCUT2D eigenvalue weighted by molar-refractivity contribution is 5.86. The van der Waals surface area contributed by atoms with Crippen LogP contribution < -0.4 is 11.1 Å². The molecule has 2 aliphatic heterocycles. The summed E-state index contributed by atoms with van der Waals surface area (Å²) >= 11 is 0. The third-order valence-corrected chi connectivity index (χ3v) is 7.22. The topological polar surface area (TPSA) is 119 Å². The highest BCUT2D eigenvalue weighted by Crippen LogP contribution is 2.51. The number of hydrogen-bond donors (Lipinski definition) is 2. The van der Waals surface area contributed by atoms with Gasteiger partial charge in [0, 0.05) is 24.9 Å². The van der Waals surface area contributed by atoms with Gasteiger partial charge in [-0.05, 0) is 43.7 Å². The molecule has 0 spiro atoms. The number of nitrogens with zero attached hydrogens (tertiary/aromatic N) is 5. The number of carbonyl (C=O) groups excluding carboxylic acids is 2. The molecule has 2 aromatic rings. The SMILES string of the molecule is NC(=O)C1(n2cc(Nc3nccc(C4=CC5CCC(C4)N5C(=O)C4CC4(F)F)n3)cn2)CC1. The Kier molecular flexibility index (Phi) is 4.18. The van der Waals surface area contributed by atoms with Gasteiger partial charge in [0.25, 0.3) is 5.92 Å². The van der Waals surface area contributed by atoms with Crippen LogP contribution in [0.1, 0.15) is 44.2 Å². The van der Waals surface area contributed by atoms with Crippen molar-refractivity contribution in [2.24, 2.45) is 11.7 Å². The van der Waals surface area contributed by atoms with Crippen LogP contribution in [0.2, 0.25) is 0 Å². The van der Waals surface area contributed by atoms with Crippen LogP contribution in [0.15, 0.2) is 30.7 Å². The molecule has 2 aromatic heterocycles. The van der Waals surface area contributed by atoms with Crippen LogP contribution in [-0.2, 0) is 15.1 Å². The molecular weight excluding hydrogens is 432 g/mol. The normalized spacial score (nSPS) is 28.2. The van der Waals surface area contributed by atoms with Crippen molar-refractivity contribution >= 4 is 29.0 Å². The van der Waals surface area contributed by atoms with Crippen molar-refractivity contribution in [3.05, 3.63) is 36.4 Å². The molecule has 4 aliphatic rings. The number of amides is 2. The van der Waals surface area contributed by atoms with Gasteiger partial charge < -0.3 is 16.0 Å². The molecule has 6 rings (SSSR count). The standard InChI is InChI=1S/C22H23F2N7O2/c23-22(24)9-16(22)18(32)31-14-1-2-15(31)8-12(7-14)17-3-6-26-20(29-17)28-13-10-27-30(11-13)21(4-5-21)19(25)33/h3,6-7,10-11,14-16H,1-2,4-5,8-9H2,(H2,25,33)(H,26,28,29). The Hall–Kier alpha value is -3.37. The van der Waals surface area contributed by atoms with E-state index in [4.69, 9.17) is 5.73 Å². The number of halogens is 2. The predicted molar refractivity (Wildman–Crippen MR) is 113 cm³/mol. The molecule has 33 heavy (non-hydrogen) atoms. The fourth-order valence-corrected chi connectivity index (χ4v) is 5.08. The molecule has 172 valence electrons. The minimum absolute atomic E-state index is 0.0768. The zero-order valence-corrected chi connectivity index (χ0v) is 17.7. The second-order valence-corrected chi connectivity index (χ2v) is 9.42. The van der Waals surface area contributed by atoms with Gasteiger partial charge in [0.1, 0.15) is 11.5 Å². The molecule has 2 aliphatic carbocycles. The van der Waals surface area contributed by atoms with Crippen LogP contribution in [0.3, 0.4) is 0 Å². The first kappa shape index (κ1) is 20.3. The molecular formula is C22H23F2N7O2. The number of nitrogens with two attached hydrogens (primary N) is 1. The molecule has 11 heteroatoms. The van der Waals surface area contributed by atoms with Crippen LogP contribution in [0.25, 0.3) is 5.57 Å². The maximum absolute atomic E-state index is 13.4. The molecule has 3 atom stereocenters. The van der Waals surface area contributed by atoms with E-state index in [2.05, 4.69) is 20.4 Å². The minimum atomic E-state index is -2.85. The van der Waals surface area contributed by atoms with Gasteiger partial charge >= 0.3 is 0 Å². The summed E-state index contributed by atoms with van der Waals surface area (Å²) in [7, 11) is 0. The van der Waals surface area contributed by atoms with E-state index in [0.717, 1.165) is 24.1 Å². The largest absolute Gasteiger partial charge is 0.368 e. The Morgan fingerprint density at radius 2 is 2.03 bits per heavy atom. The average molecular weight is 455 g/mol. The highest BCUT2D eigenvalue weighted by Gasteiger charge is 2.63. The quantitative estimate of drug-likeness (QED) is 0.689.